The molecule has 0 amide bonds. The van der Waals surface area contributed by atoms with Gasteiger partial charge in [0.25, 0.3) is 0 Å². The third-order valence-electron chi connectivity index (χ3n) is 2.89. The van der Waals surface area contributed by atoms with Gasteiger partial charge < -0.3 is 10.1 Å². The molecule has 0 aliphatic heterocycles. The van der Waals surface area contributed by atoms with E-state index in [1.54, 1.807) is 18.3 Å². The average Bonchev–Trinajstić information content (AvgIpc) is 2.47. The number of hydrogen-bond acceptors (Lipinski definition) is 5. The maximum absolute atomic E-state index is 10.8. The van der Waals surface area contributed by atoms with Gasteiger partial charge in [0.15, 0.2) is 5.75 Å². The number of anilines is 1. The van der Waals surface area contributed by atoms with Crippen LogP contribution >= 0.6 is 0 Å². The van der Waals surface area contributed by atoms with Crippen LogP contribution in [0, 0.1) is 10.1 Å². The van der Waals surface area contributed by atoms with Crippen LogP contribution in [0.5, 0.6) is 5.75 Å². The Bertz CT molecular complexity index is 602. The summed E-state index contributed by atoms with van der Waals surface area (Å²) in [6.07, 6.45) is 1.73. The number of ether oxygens (including phenoxy) is 1. The van der Waals surface area contributed by atoms with E-state index >= 15 is 0 Å². The van der Waals surface area contributed by atoms with Crippen molar-refractivity contribution in [3.05, 3.63) is 58.4 Å². The topological polar surface area (TPSA) is 77.3 Å². The highest BCUT2D eigenvalue weighted by atomic mass is 16.6. The van der Waals surface area contributed by atoms with Crippen LogP contribution in [-0.4, -0.2) is 17.0 Å². The molecule has 1 heterocycles. The fraction of sp³-hybridized carbons (Fsp3) is 0.214. The van der Waals surface area contributed by atoms with Crippen molar-refractivity contribution in [3.63, 3.8) is 0 Å². The van der Waals surface area contributed by atoms with Gasteiger partial charge in [-0.3, -0.25) is 15.1 Å². The van der Waals surface area contributed by atoms with Crippen molar-refractivity contribution in [2.45, 2.75) is 13.0 Å². The Kier molecular flexibility index (Phi) is 4.14. The molecule has 0 saturated heterocycles. The van der Waals surface area contributed by atoms with Gasteiger partial charge >= 0.3 is 5.69 Å². The fourth-order valence-electron chi connectivity index (χ4n) is 1.87. The average molecular weight is 273 g/mol. The number of rotatable bonds is 5. The monoisotopic (exact) mass is 273 g/mol. The second kappa shape index (κ2) is 6.01. The van der Waals surface area contributed by atoms with Gasteiger partial charge in [0.05, 0.1) is 23.8 Å². The van der Waals surface area contributed by atoms with Crippen LogP contribution in [0.1, 0.15) is 18.7 Å². The van der Waals surface area contributed by atoms with Crippen LogP contribution < -0.4 is 10.1 Å². The van der Waals surface area contributed by atoms with Crippen LogP contribution in [0.2, 0.25) is 0 Å². The Hall–Kier alpha value is -2.63. The molecule has 6 heteroatoms. The lowest BCUT2D eigenvalue weighted by Gasteiger charge is -2.15. The van der Waals surface area contributed by atoms with Crippen molar-refractivity contribution in [3.8, 4) is 5.75 Å². The Balaban J connectivity index is 2.20. The summed E-state index contributed by atoms with van der Waals surface area (Å²) in [5.41, 5.74) is 1.58. The molecule has 20 heavy (non-hydrogen) atoms. The fourth-order valence-corrected chi connectivity index (χ4v) is 1.87. The summed E-state index contributed by atoms with van der Waals surface area (Å²) < 4.78 is 5.04. The molecule has 2 aromatic rings. The lowest BCUT2D eigenvalue weighted by molar-refractivity contribution is -0.385. The van der Waals surface area contributed by atoms with E-state index in [1.807, 2.05) is 25.1 Å². The third kappa shape index (κ3) is 3.03. The second-order valence-corrected chi connectivity index (χ2v) is 4.26. The number of nitro groups is 1. The Labute approximate surface area is 116 Å². The number of nitrogens with one attached hydrogen (secondary N) is 1. The van der Waals surface area contributed by atoms with Crippen molar-refractivity contribution >= 4 is 11.4 Å². The molecule has 1 atom stereocenters. The molecule has 0 aliphatic rings. The van der Waals surface area contributed by atoms with Crippen LogP contribution in [0.15, 0.2) is 42.6 Å². The molecule has 0 fully saturated rings. The van der Waals surface area contributed by atoms with E-state index in [2.05, 4.69) is 10.3 Å². The molecule has 0 spiro atoms. The Morgan fingerprint density at radius 1 is 1.35 bits per heavy atom. The first kappa shape index (κ1) is 13.8. The SMILES string of the molecule is COc1cc(NC(C)c2ccccn2)ccc1[N+](=O)[O-]. The van der Waals surface area contributed by atoms with Gasteiger partial charge in [-0.2, -0.15) is 0 Å². The number of nitrogens with zero attached hydrogens (tertiary/aromatic N) is 2. The molecule has 1 unspecified atom stereocenters. The molecule has 2 rings (SSSR count). The molecule has 1 aromatic heterocycles. The quantitative estimate of drug-likeness (QED) is 0.668. The molecular formula is C14H15N3O3. The zero-order chi connectivity index (χ0) is 14.5. The molecule has 1 N–H and O–H groups in total. The highest BCUT2D eigenvalue weighted by Gasteiger charge is 2.15. The standard InChI is InChI=1S/C14H15N3O3/c1-10(12-5-3-4-8-15-12)16-11-6-7-13(17(18)19)14(9-11)20-2/h3-10,16H,1-2H3. The lowest BCUT2D eigenvalue weighted by Crippen LogP contribution is -2.08. The van der Waals surface area contributed by atoms with E-state index in [0.29, 0.717) is 0 Å². The lowest BCUT2D eigenvalue weighted by atomic mass is 10.2. The zero-order valence-electron chi connectivity index (χ0n) is 11.2. The van der Waals surface area contributed by atoms with Crippen molar-refractivity contribution in [1.82, 2.24) is 4.98 Å². The number of pyridine rings is 1. The van der Waals surface area contributed by atoms with Crippen molar-refractivity contribution in [2.24, 2.45) is 0 Å². The van der Waals surface area contributed by atoms with Gasteiger partial charge in [0.2, 0.25) is 0 Å². The van der Waals surface area contributed by atoms with Gasteiger partial charge in [-0.05, 0) is 25.1 Å². The Morgan fingerprint density at radius 3 is 2.75 bits per heavy atom. The highest BCUT2D eigenvalue weighted by Crippen LogP contribution is 2.30. The van der Waals surface area contributed by atoms with Gasteiger partial charge in [0.1, 0.15) is 0 Å². The molecule has 0 saturated carbocycles. The zero-order valence-corrected chi connectivity index (χ0v) is 11.2. The van der Waals surface area contributed by atoms with Crippen LogP contribution in [-0.2, 0) is 0 Å². The normalized spacial score (nSPS) is 11.7. The van der Waals surface area contributed by atoms with Crippen molar-refractivity contribution in [2.75, 3.05) is 12.4 Å². The van der Waals surface area contributed by atoms with E-state index in [1.165, 1.54) is 13.2 Å². The first-order chi connectivity index (χ1) is 9.61. The van der Waals surface area contributed by atoms with Crippen LogP contribution in [0.4, 0.5) is 11.4 Å². The van der Waals surface area contributed by atoms with Gasteiger partial charge in [-0.15, -0.1) is 0 Å². The van der Waals surface area contributed by atoms with E-state index in [4.69, 9.17) is 4.74 Å². The summed E-state index contributed by atoms with van der Waals surface area (Å²) in [4.78, 5) is 14.6. The second-order valence-electron chi connectivity index (χ2n) is 4.26. The predicted molar refractivity (Wildman–Crippen MR) is 75.9 cm³/mol. The molecular weight excluding hydrogens is 258 g/mol. The van der Waals surface area contributed by atoms with Crippen molar-refractivity contribution < 1.29 is 9.66 Å². The molecule has 1 aromatic carbocycles. The third-order valence-corrected chi connectivity index (χ3v) is 2.89. The number of benzene rings is 1. The minimum Gasteiger partial charge on any atom is -0.490 e. The van der Waals surface area contributed by atoms with E-state index in [-0.39, 0.29) is 17.5 Å². The Morgan fingerprint density at radius 2 is 2.15 bits per heavy atom. The molecule has 0 bridgehead atoms. The number of hydrogen-bond donors (Lipinski definition) is 1. The van der Waals surface area contributed by atoms with E-state index < -0.39 is 4.92 Å². The summed E-state index contributed by atoms with van der Waals surface area (Å²) in [6, 6.07) is 10.4. The maximum atomic E-state index is 10.8. The number of methoxy groups -OCH3 is 1. The van der Waals surface area contributed by atoms with Gasteiger partial charge in [-0.25, -0.2) is 0 Å². The summed E-state index contributed by atoms with van der Waals surface area (Å²) in [7, 11) is 1.41. The molecule has 6 nitrogen and oxygen atoms in total. The first-order valence-electron chi connectivity index (χ1n) is 6.11. The minimum absolute atomic E-state index is 0.0117. The summed E-state index contributed by atoms with van der Waals surface area (Å²) >= 11 is 0. The van der Waals surface area contributed by atoms with E-state index in [0.717, 1.165) is 11.4 Å². The van der Waals surface area contributed by atoms with Gasteiger partial charge in [-0.1, -0.05) is 6.07 Å². The smallest absolute Gasteiger partial charge is 0.311 e. The first-order valence-corrected chi connectivity index (χ1v) is 6.11. The summed E-state index contributed by atoms with van der Waals surface area (Å²) in [6.45, 7) is 1.97. The predicted octanol–water partition coefficient (Wildman–Crippen LogP) is 3.17. The molecule has 0 aliphatic carbocycles. The maximum Gasteiger partial charge on any atom is 0.311 e. The van der Waals surface area contributed by atoms with E-state index in [9.17, 15) is 10.1 Å². The molecule has 104 valence electrons. The summed E-state index contributed by atoms with van der Waals surface area (Å²) in [5, 5.41) is 14.1. The van der Waals surface area contributed by atoms with Crippen LogP contribution in [0.25, 0.3) is 0 Å². The number of aromatic nitrogens is 1. The van der Waals surface area contributed by atoms with Crippen LogP contribution in [0.3, 0.4) is 0 Å². The minimum atomic E-state index is -0.467. The summed E-state index contributed by atoms with van der Waals surface area (Å²) in [5.74, 6) is 0.230. The molecule has 0 radical (unpaired) electrons. The largest absolute Gasteiger partial charge is 0.490 e. The van der Waals surface area contributed by atoms with Gasteiger partial charge in [0, 0.05) is 24.0 Å². The number of nitro benzene ring substituents is 1. The highest BCUT2D eigenvalue weighted by molar-refractivity contribution is 5.58. The van der Waals surface area contributed by atoms with Crippen molar-refractivity contribution in [1.29, 1.82) is 0 Å².